The molecule has 1 aliphatic rings. The van der Waals surface area contributed by atoms with E-state index in [1.165, 1.54) is 24.3 Å². The highest BCUT2D eigenvalue weighted by atomic mass is 35.5. The van der Waals surface area contributed by atoms with Crippen molar-refractivity contribution < 1.29 is 26.3 Å². The zero-order valence-electron chi connectivity index (χ0n) is 14.5. The fourth-order valence-corrected chi connectivity index (χ4v) is 3.56. The third kappa shape index (κ3) is 4.61. The van der Waals surface area contributed by atoms with Crippen molar-refractivity contribution in [3.63, 3.8) is 0 Å². The molecule has 0 amide bonds. The Labute approximate surface area is 163 Å². The smallest absolute Gasteiger partial charge is 0.314 e. The van der Waals surface area contributed by atoms with Gasteiger partial charge in [0.1, 0.15) is 0 Å². The third-order valence-electron chi connectivity index (χ3n) is 4.68. The number of nitrogens with zero attached hydrogens (tertiary/aromatic N) is 1. The molecule has 28 heavy (non-hydrogen) atoms. The van der Waals surface area contributed by atoms with E-state index in [0.29, 0.717) is 37.3 Å². The molecule has 0 saturated carbocycles. The number of rotatable bonds is 3. The van der Waals surface area contributed by atoms with Crippen LogP contribution in [-0.4, -0.2) is 31.1 Å². The average molecular weight is 423 g/mol. The second-order valence-electron chi connectivity index (χ2n) is 6.55. The summed E-state index contributed by atoms with van der Waals surface area (Å²) < 4.78 is 78.5. The largest absolute Gasteiger partial charge is 0.417 e. The topological polar surface area (TPSA) is 15.3 Å². The monoisotopic (exact) mass is 422 g/mol. The standard InChI is InChI=1S/C19H17ClF6N2/c20-16-6-3-13(11-15(16)19(24,25)26)17(28-9-7-27-8-10-28)12-1-4-14(5-2-12)18(21,22)23/h1-6,11,17,27H,7-10H2. The number of halogens is 7. The lowest BCUT2D eigenvalue weighted by molar-refractivity contribution is -0.138. The van der Waals surface area contributed by atoms with Crippen LogP contribution in [0.5, 0.6) is 0 Å². The van der Waals surface area contributed by atoms with Gasteiger partial charge >= 0.3 is 12.4 Å². The molecule has 152 valence electrons. The first-order valence-corrected chi connectivity index (χ1v) is 8.94. The summed E-state index contributed by atoms with van der Waals surface area (Å²) in [6.07, 6.45) is -9.10. The molecule has 0 spiro atoms. The predicted octanol–water partition coefficient (Wildman–Crippen LogP) is 5.37. The van der Waals surface area contributed by atoms with Crippen molar-refractivity contribution in [2.45, 2.75) is 18.4 Å². The normalized spacial score (nSPS) is 17.5. The maximum Gasteiger partial charge on any atom is 0.417 e. The number of alkyl halides is 6. The highest BCUT2D eigenvalue weighted by molar-refractivity contribution is 6.31. The summed E-state index contributed by atoms with van der Waals surface area (Å²) in [5, 5.41) is 2.74. The van der Waals surface area contributed by atoms with Gasteiger partial charge in [-0.25, -0.2) is 0 Å². The van der Waals surface area contributed by atoms with E-state index < -0.39 is 34.5 Å². The van der Waals surface area contributed by atoms with Crippen LogP contribution >= 0.6 is 11.6 Å². The Balaban J connectivity index is 2.05. The number of nitrogens with one attached hydrogen (secondary N) is 1. The SMILES string of the molecule is FC(F)(F)c1ccc(C(c2ccc(Cl)c(C(F)(F)F)c2)N2CCNCC2)cc1. The lowest BCUT2D eigenvalue weighted by Gasteiger charge is -2.36. The zero-order valence-corrected chi connectivity index (χ0v) is 15.3. The minimum absolute atomic E-state index is 0.332. The first kappa shape index (κ1) is 21.0. The Morgan fingerprint density at radius 2 is 1.39 bits per heavy atom. The van der Waals surface area contributed by atoms with Crippen molar-refractivity contribution in [3.05, 3.63) is 69.7 Å². The predicted molar refractivity (Wildman–Crippen MR) is 94.2 cm³/mol. The summed E-state index contributed by atoms with van der Waals surface area (Å²) in [5.41, 5.74) is -0.940. The van der Waals surface area contributed by atoms with Crippen molar-refractivity contribution in [2.24, 2.45) is 0 Å². The van der Waals surface area contributed by atoms with Gasteiger partial charge in [0.05, 0.1) is 22.2 Å². The summed E-state index contributed by atoms with van der Waals surface area (Å²) in [6.45, 7) is 2.37. The Morgan fingerprint density at radius 1 is 0.821 bits per heavy atom. The van der Waals surface area contributed by atoms with Gasteiger partial charge in [0.2, 0.25) is 0 Å². The summed E-state index contributed by atoms with van der Waals surface area (Å²) in [6, 6.07) is 7.57. The molecule has 0 bridgehead atoms. The number of hydrogen-bond donors (Lipinski definition) is 1. The molecular formula is C19H17ClF6N2. The van der Waals surface area contributed by atoms with Crippen LogP contribution in [-0.2, 0) is 12.4 Å². The van der Waals surface area contributed by atoms with E-state index in [4.69, 9.17) is 11.6 Å². The zero-order chi connectivity index (χ0) is 20.5. The van der Waals surface area contributed by atoms with Gasteiger partial charge in [-0.2, -0.15) is 26.3 Å². The Hall–Kier alpha value is -1.77. The van der Waals surface area contributed by atoms with Crippen LogP contribution in [0.15, 0.2) is 42.5 Å². The van der Waals surface area contributed by atoms with Crippen molar-refractivity contribution in [1.29, 1.82) is 0 Å². The van der Waals surface area contributed by atoms with E-state index in [9.17, 15) is 26.3 Å². The van der Waals surface area contributed by atoms with E-state index in [1.54, 1.807) is 0 Å². The molecule has 0 aromatic heterocycles. The first-order valence-electron chi connectivity index (χ1n) is 8.56. The van der Waals surface area contributed by atoms with Gasteiger partial charge in [0.15, 0.2) is 0 Å². The number of benzene rings is 2. The Morgan fingerprint density at radius 3 is 1.93 bits per heavy atom. The Kier molecular flexibility index (Phi) is 5.93. The molecule has 2 nitrogen and oxygen atoms in total. The minimum atomic E-state index is -4.62. The van der Waals surface area contributed by atoms with E-state index in [1.807, 2.05) is 4.90 Å². The molecule has 2 aromatic rings. The molecule has 1 unspecified atom stereocenters. The van der Waals surface area contributed by atoms with Crippen molar-refractivity contribution in [1.82, 2.24) is 10.2 Å². The molecule has 0 aliphatic carbocycles. The molecule has 1 atom stereocenters. The maximum atomic E-state index is 13.3. The molecule has 0 radical (unpaired) electrons. The van der Waals surface area contributed by atoms with Crippen molar-refractivity contribution in [3.8, 4) is 0 Å². The molecule has 9 heteroatoms. The quantitative estimate of drug-likeness (QED) is 0.669. The van der Waals surface area contributed by atoms with Crippen LogP contribution in [0.2, 0.25) is 5.02 Å². The van der Waals surface area contributed by atoms with Crippen LogP contribution in [0.1, 0.15) is 28.3 Å². The second-order valence-corrected chi connectivity index (χ2v) is 6.95. The summed E-state index contributed by atoms with van der Waals surface area (Å²) in [7, 11) is 0. The molecular weight excluding hydrogens is 406 g/mol. The van der Waals surface area contributed by atoms with E-state index in [-0.39, 0.29) is 0 Å². The van der Waals surface area contributed by atoms with Crippen LogP contribution in [0.25, 0.3) is 0 Å². The molecule has 1 saturated heterocycles. The second kappa shape index (κ2) is 7.93. The molecule has 2 aromatic carbocycles. The lowest BCUT2D eigenvalue weighted by Crippen LogP contribution is -2.45. The fourth-order valence-electron chi connectivity index (χ4n) is 3.34. The van der Waals surface area contributed by atoms with Crippen molar-refractivity contribution in [2.75, 3.05) is 26.2 Å². The van der Waals surface area contributed by atoms with Gasteiger partial charge in [-0.05, 0) is 35.4 Å². The van der Waals surface area contributed by atoms with Crippen LogP contribution in [0, 0.1) is 0 Å². The van der Waals surface area contributed by atoms with E-state index in [0.717, 1.165) is 18.2 Å². The number of piperazine rings is 1. The highest BCUT2D eigenvalue weighted by Gasteiger charge is 2.35. The fraction of sp³-hybridized carbons (Fsp3) is 0.368. The van der Waals surface area contributed by atoms with Gasteiger partial charge in [-0.15, -0.1) is 0 Å². The van der Waals surface area contributed by atoms with Crippen LogP contribution in [0.4, 0.5) is 26.3 Å². The Bertz CT molecular complexity index is 811. The lowest BCUT2D eigenvalue weighted by atomic mass is 9.94. The van der Waals surface area contributed by atoms with Gasteiger partial charge in [0.25, 0.3) is 0 Å². The molecule has 1 heterocycles. The maximum absolute atomic E-state index is 13.3. The molecule has 1 N–H and O–H groups in total. The number of hydrogen-bond acceptors (Lipinski definition) is 2. The summed E-state index contributed by atoms with van der Waals surface area (Å²) in [5.74, 6) is 0. The molecule has 1 fully saturated rings. The van der Waals surface area contributed by atoms with Crippen LogP contribution < -0.4 is 5.32 Å². The van der Waals surface area contributed by atoms with Crippen molar-refractivity contribution >= 4 is 11.6 Å². The highest BCUT2D eigenvalue weighted by Crippen LogP contribution is 2.39. The van der Waals surface area contributed by atoms with E-state index in [2.05, 4.69) is 5.32 Å². The minimum Gasteiger partial charge on any atom is -0.314 e. The first-order chi connectivity index (χ1) is 13.1. The third-order valence-corrected chi connectivity index (χ3v) is 5.01. The summed E-state index contributed by atoms with van der Waals surface area (Å²) >= 11 is 5.72. The van der Waals surface area contributed by atoms with Crippen LogP contribution in [0.3, 0.4) is 0 Å². The van der Waals surface area contributed by atoms with Gasteiger partial charge < -0.3 is 5.32 Å². The van der Waals surface area contributed by atoms with Gasteiger partial charge in [-0.1, -0.05) is 29.8 Å². The van der Waals surface area contributed by atoms with Gasteiger partial charge in [-0.3, -0.25) is 4.90 Å². The van der Waals surface area contributed by atoms with Gasteiger partial charge in [0, 0.05) is 26.2 Å². The molecule has 1 aliphatic heterocycles. The average Bonchev–Trinajstić information content (AvgIpc) is 2.63. The summed E-state index contributed by atoms with van der Waals surface area (Å²) in [4.78, 5) is 1.95. The van der Waals surface area contributed by atoms with E-state index >= 15 is 0 Å². The molecule has 3 rings (SSSR count).